The smallest absolute Gasteiger partial charge is 0.348 e. The largest absolute Gasteiger partial charge is 0.497 e. The maximum atomic E-state index is 12.9. The average molecular weight is 468 g/mol. The van der Waals surface area contributed by atoms with Crippen molar-refractivity contribution in [2.24, 2.45) is 5.16 Å². The first-order chi connectivity index (χ1) is 15.7. The number of esters is 1. The number of hydrogen-bond acceptors (Lipinski definition) is 7. The Balaban J connectivity index is 1.79. The molecule has 166 valence electrons. The van der Waals surface area contributed by atoms with Crippen molar-refractivity contribution in [1.29, 1.82) is 0 Å². The molecule has 0 radical (unpaired) electrons. The predicted molar refractivity (Wildman–Crippen MR) is 129 cm³/mol. The van der Waals surface area contributed by atoms with Crippen molar-refractivity contribution < 1.29 is 19.5 Å². The second-order valence-corrected chi connectivity index (χ2v) is 9.68. The van der Waals surface area contributed by atoms with Gasteiger partial charge in [-0.05, 0) is 48.6 Å². The lowest BCUT2D eigenvalue weighted by Crippen LogP contribution is -2.19. The SMILES string of the molecule is CCOC(=O)c1sc(SCc2ccccc2)c2c1C(c1ccc(OC)cc1)CC/C2=N\O. The zero-order valence-electron chi connectivity index (χ0n) is 18.0. The summed E-state index contributed by atoms with van der Waals surface area (Å²) in [5.74, 6) is 1.25. The first-order valence-corrected chi connectivity index (χ1v) is 12.3. The number of oxime groups is 1. The van der Waals surface area contributed by atoms with Gasteiger partial charge in [-0.1, -0.05) is 47.6 Å². The summed E-state index contributed by atoms with van der Waals surface area (Å²) in [6, 6.07) is 18.2. The highest BCUT2D eigenvalue weighted by Crippen LogP contribution is 2.48. The Hall–Kier alpha value is -2.77. The summed E-state index contributed by atoms with van der Waals surface area (Å²) < 4.78 is 11.7. The van der Waals surface area contributed by atoms with Crippen LogP contribution in [0.25, 0.3) is 0 Å². The molecule has 4 rings (SSSR count). The molecule has 1 atom stereocenters. The number of carbonyl (C=O) groups excluding carboxylic acids is 1. The molecule has 1 unspecified atom stereocenters. The van der Waals surface area contributed by atoms with Gasteiger partial charge in [0.25, 0.3) is 0 Å². The molecule has 0 saturated heterocycles. The predicted octanol–water partition coefficient (Wildman–Crippen LogP) is 6.33. The van der Waals surface area contributed by atoms with Crippen LogP contribution in [0.4, 0.5) is 0 Å². The molecular formula is C25H25NO4S2. The van der Waals surface area contributed by atoms with Gasteiger partial charge in [-0.15, -0.1) is 23.1 Å². The molecule has 1 aliphatic rings. The summed E-state index contributed by atoms with van der Waals surface area (Å²) in [5, 5.41) is 13.4. The molecular weight excluding hydrogens is 442 g/mol. The molecule has 0 saturated carbocycles. The van der Waals surface area contributed by atoms with Gasteiger partial charge < -0.3 is 14.7 Å². The number of hydrogen-bond donors (Lipinski definition) is 1. The molecule has 0 fully saturated rings. The first kappa shape index (κ1) is 22.4. The van der Waals surface area contributed by atoms with Crippen LogP contribution in [0.15, 0.2) is 64.0 Å². The molecule has 0 amide bonds. The Kier molecular flexibility index (Phi) is 7.17. The van der Waals surface area contributed by atoms with E-state index in [2.05, 4.69) is 17.3 Å². The molecule has 1 heterocycles. The van der Waals surface area contributed by atoms with Gasteiger partial charge in [0.1, 0.15) is 10.6 Å². The molecule has 1 aliphatic carbocycles. The van der Waals surface area contributed by atoms with E-state index in [1.54, 1.807) is 18.9 Å². The number of fused-ring (bicyclic) bond motifs is 1. The lowest BCUT2D eigenvalue weighted by atomic mass is 9.79. The highest BCUT2D eigenvalue weighted by molar-refractivity contribution is 8.00. The molecule has 0 bridgehead atoms. The maximum absolute atomic E-state index is 12.9. The number of ether oxygens (including phenoxy) is 2. The summed E-state index contributed by atoms with van der Waals surface area (Å²) in [6.07, 6.45) is 1.39. The highest BCUT2D eigenvalue weighted by Gasteiger charge is 2.36. The van der Waals surface area contributed by atoms with Crippen molar-refractivity contribution in [3.05, 3.63) is 81.7 Å². The minimum Gasteiger partial charge on any atom is -0.497 e. The van der Waals surface area contributed by atoms with Crippen LogP contribution >= 0.6 is 23.1 Å². The zero-order valence-corrected chi connectivity index (χ0v) is 19.7. The maximum Gasteiger partial charge on any atom is 0.348 e. The van der Waals surface area contributed by atoms with Crippen molar-refractivity contribution in [2.45, 2.75) is 35.6 Å². The van der Waals surface area contributed by atoms with Crippen LogP contribution in [0.3, 0.4) is 0 Å². The van der Waals surface area contributed by atoms with Crippen LogP contribution in [0.2, 0.25) is 0 Å². The summed E-state index contributed by atoms with van der Waals surface area (Å²) in [4.78, 5) is 13.5. The van der Waals surface area contributed by atoms with Crippen molar-refractivity contribution in [2.75, 3.05) is 13.7 Å². The van der Waals surface area contributed by atoms with Crippen molar-refractivity contribution in [3.63, 3.8) is 0 Å². The third-order valence-corrected chi connectivity index (χ3v) is 8.06. The van der Waals surface area contributed by atoms with Crippen molar-refractivity contribution >= 4 is 34.8 Å². The second kappa shape index (κ2) is 10.2. The van der Waals surface area contributed by atoms with E-state index < -0.39 is 0 Å². The van der Waals surface area contributed by atoms with E-state index in [9.17, 15) is 10.0 Å². The van der Waals surface area contributed by atoms with Gasteiger partial charge >= 0.3 is 5.97 Å². The molecule has 1 N–H and O–H groups in total. The van der Waals surface area contributed by atoms with Gasteiger partial charge in [-0.25, -0.2) is 4.79 Å². The quantitative estimate of drug-likeness (QED) is 0.190. The summed E-state index contributed by atoms with van der Waals surface area (Å²) in [7, 11) is 1.64. The molecule has 32 heavy (non-hydrogen) atoms. The van der Waals surface area contributed by atoms with Crippen LogP contribution in [0.1, 0.15) is 57.6 Å². The van der Waals surface area contributed by atoms with Gasteiger partial charge in [0, 0.05) is 17.2 Å². The summed E-state index contributed by atoms with van der Waals surface area (Å²) >= 11 is 3.11. The number of nitrogens with zero attached hydrogens (tertiary/aromatic N) is 1. The van der Waals surface area contributed by atoms with E-state index >= 15 is 0 Å². The Labute approximate surface area is 196 Å². The molecule has 0 aliphatic heterocycles. The highest BCUT2D eigenvalue weighted by atomic mass is 32.2. The van der Waals surface area contributed by atoms with Crippen LogP contribution in [0.5, 0.6) is 5.75 Å². The lowest BCUT2D eigenvalue weighted by Gasteiger charge is -2.25. The average Bonchev–Trinajstić information content (AvgIpc) is 3.23. The van der Waals surface area contributed by atoms with E-state index in [0.29, 0.717) is 23.6 Å². The Morgan fingerprint density at radius 2 is 1.94 bits per heavy atom. The van der Waals surface area contributed by atoms with Crippen LogP contribution in [-0.4, -0.2) is 30.6 Å². The fourth-order valence-electron chi connectivity index (χ4n) is 4.02. The molecule has 1 aromatic heterocycles. The fourth-order valence-corrected chi connectivity index (χ4v) is 6.56. The molecule has 5 nitrogen and oxygen atoms in total. The molecule has 2 aromatic carbocycles. The Morgan fingerprint density at radius 1 is 1.19 bits per heavy atom. The van der Waals surface area contributed by atoms with Gasteiger partial charge in [0.05, 0.1) is 23.6 Å². The number of thioether (sulfide) groups is 1. The van der Waals surface area contributed by atoms with E-state index in [4.69, 9.17) is 9.47 Å². The summed E-state index contributed by atoms with van der Waals surface area (Å²) in [6.45, 7) is 2.12. The monoisotopic (exact) mass is 467 g/mol. The van der Waals surface area contributed by atoms with Gasteiger partial charge in [-0.2, -0.15) is 0 Å². The number of thiophene rings is 1. The van der Waals surface area contributed by atoms with Crippen LogP contribution < -0.4 is 4.74 Å². The van der Waals surface area contributed by atoms with Gasteiger partial charge in [0.2, 0.25) is 0 Å². The van der Waals surface area contributed by atoms with E-state index in [0.717, 1.165) is 38.8 Å². The lowest BCUT2D eigenvalue weighted by molar-refractivity contribution is 0.0530. The van der Waals surface area contributed by atoms with Crippen LogP contribution in [-0.2, 0) is 10.5 Å². The van der Waals surface area contributed by atoms with Crippen LogP contribution in [0, 0.1) is 0 Å². The van der Waals surface area contributed by atoms with Gasteiger partial charge in [-0.3, -0.25) is 0 Å². The molecule has 3 aromatic rings. The standard InChI is InChI=1S/C25H25NO4S2/c1-3-30-24(27)23-21-19(17-9-11-18(29-2)12-10-17)13-14-20(26-28)22(21)25(32-23)31-15-16-7-5-4-6-8-16/h4-12,19,28H,3,13-15H2,1-2H3/b26-20+. The minimum absolute atomic E-state index is 0.0168. The first-order valence-electron chi connectivity index (χ1n) is 10.5. The molecule has 0 spiro atoms. The van der Waals surface area contributed by atoms with E-state index in [1.807, 2.05) is 49.4 Å². The molecule has 7 heteroatoms. The zero-order chi connectivity index (χ0) is 22.5. The number of carbonyl (C=O) groups is 1. The number of rotatable bonds is 7. The van der Waals surface area contributed by atoms with E-state index in [-0.39, 0.29) is 11.9 Å². The summed E-state index contributed by atoms with van der Waals surface area (Å²) in [5.41, 5.74) is 4.73. The normalized spacial score (nSPS) is 16.6. The van der Waals surface area contributed by atoms with E-state index in [1.165, 1.54) is 16.9 Å². The fraction of sp³-hybridized carbons (Fsp3) is 0.280. The topological polar surface area (TPSA) is 68.1 Å². The van der Waals surface area contributed by atoms with Crippen molar-refractivity contribution in [1.82, 2.24) is 0 Å². The third kappa shape index (κ3) is 4.54. The Bertz CT molecular complexity index is 1110. The Morgan fingerprint density at radius 3 is 2.59 bits per heavy atom. The van der Waals surface area contributed by atoms with Gasteiger partial charge in [0.15, 0.2) is 0 Å². The second-order valence-electron chi connectivity index (χ2n) is 7.41. The minimum atomic E-state index is -0.321. The number of benzene rings is 2. The van der Waals surface area contributed by atoms with Crippen molar-refractivity contribution in [3.8, 4) is 5.75 Å². The third-order valence-electron chi connectivity index (χ3n) is 5.53. The number of methoxy groups -OCH3 is 1.